The van der Waals surface area contributed by atoms with Crippen molar-refractivity contribution in [1.82, 2.24) is 5.32 Å². The first-order chi connectivity index (χ1) is 9.57. The molecular weight excluding hydrogens is 276 g/mol. The zero-order chi connectivity index (χ0) is 14.6. The van der Waals surface area contributed by atoms with Crippen LogP contribution in [0.5, 0.6) is 0 Å². The Hall–Kier alpha value is -1.10. The molecule has 1 heterocycles. The van der Waals surface area contributed by atoms with Crippen LogP contribution in [0.25, 0.3) is 0 Å². The van der Waals surface area contributed by atoms with Crippen molar-refractivity contribution in [2.24, 2.45) is 17.1 Å². The number of aliphatic hydroxyl groups excluding tert-OH is 1. The van der Waals surface area contributed by atoms with E-state index < -0.39 is 11.8 Å². The van der Waals surface area contributed by atoms with Crippen molar-refractivity contribution in [3.05, 3.63) is 34.9 Å². The molecule has 1 aromatic rings. The summed E-state index contributed by atoms with van der Waals surface area (Å²) in [5.74, 6) is -0.948. The molecule has 0 bridgehead atoms. The van der Waals surface area contributed by atoms with Crippen LogP contribution >= 0.6 is 11.6 Å². The number of rotatable bonds is 5. The number of benzene rings is 1. The van der Waals surface area contributed by atoms with E-state index in [0.717, 1.165) is 24.9 Å². The number of halogens is 1. The minimum atomic E-state index is -0.522. The van der Waals surface area contributed by atoms with E-state index in [1.54, 1.807) is 0 Å². The number of hydrogen-bond donors (Lipinski definition) is 3. The van der Waals surface area contributed by atoms with E-state index in [-0.39, 0.29) is 12.0 Å². The Morgan fingerprint density at radius 2 is 2.15 bits per heavy atom. The van der Waals surface area contributed by atoms with E-state index in [2.05, 4.69) is 5.32 Å². The molecule has 1 saturated heterocycles. The topological polar surface area (TPSA) is 75.4 Å². The van der Waals surface area contributed by atoms with Gasteiger partial charge in [-0.15, -0.1) is 0 Å². The van der Waals surface area contributed by atoms with Gasteiger partial charge in [0.2, 0.25) is 5.91 Å². The highest BCUT2D eigenvalue weighted by Gasteiger charge is 2.42. The van der Waals surface area contributed by atoms with Crippen LogP contribution in [0.1, 0.15) is 18.4 Å². The fourth-order valence-corrected chi connectivity index (χ4v) is 3.28. The summed E-state index contributed by atoms with van der Waals surface area (Å²) in [6.07, 6.45) is 2.58. The normalized spacial score (nSPS) is 24.3. The van der Waals surface area contributed by atoms with Crippen molar-refractivity contribution < 1.29 is 9.90 Å². The zero-order valence-corrected chi connectivity index (χ0v) is 12.2. The molecule has 1 fully saturated rings. The largest absolute Gasteiger partial charge is 0.396 e. The number of hydrogen-bond acceptors (Lipinski definition) is 3. The van der Waals surface area contributed by atoms with Crippen LogP contribution in [0, 0.1) is 11.3 Å². The molecule has 2 atom stereocenters. The Morgan fingerprint density at radius 3 is 2.65 bits per heavy atom. The molecule has 110 valence electrons. The van der Waals surface area contributed by atoms with Gasteiger partial charge in [-0.2, -0.15) is 0 Å². The van der Waals surface area contributed by atoms with Crippen LogP contribution in [0.3, 0.4) is 0 Å². The van der Waals surface area contributed by atoms with Crippen LogP contribution in [-0.4, -0.2) is 30.7 Å². The minimum Gasteiger partial charge on any atom is -0.396 e. The quantitative estimate of drug-likeness (QED) is 0.768. The third kappa shape index (κ3) is 3.32. The number of nitrogens with one attached hydrogen (secondary N) is 1. The van der Waals surface area contributed by atoms with Crippen molar-refractivity contribution in [2.75, 3.05) is 19.7 Å². The van der Waals surface area contributed by atoms with Crippen molar-refractivity contribution in [3.8, 4) is 0 Å². The molecule has 4 nitrogen and oxygen atoms in total. The van der Waals surface area contributed by atoms with Gasteiger partial charge in [-0.05, 0) is 43.5 Å². The molecule has 0 saturated carbocycles. The van der Waals surface area contributed by atoms with E-state index in [0.29, 0.717) is 18.0 Å². The molecule has 20 heavy (non-hydrogen) atoms. The fraction of sp³-hybridized carbons (Fsp3) is 0.533. The number of piperidine rings is 1. The van der Waals surface area contributed by atoms with E-state index in [9.17, 15) is 9.90 Å². The summed E-state index contributed by atoms with van der Waals surface area (Å²) < 4.78 is 0. The highest BCUT2D eigenvalue weighted by atomic mass is 35.5. The smallest absolute Gasteiger partial charge is 0.223 e. The maximum absolute atomic E-state index is 11.7. The molecule has 1 unspecified atom stereocenters. The lowest BCUT2D eigenvalue weighted by Crippen LogP contribution is -2.51. The Balaban J connectivity index is 2.26. The summed E-state index contributed by atoms with van der Waals surface area (Å²) in [4.78, 5) is 11.7. The standard InChI is InChI=1S/C15H21ClN2O2/c16-12-4-2-11(3-5-12)8-15(6-1-7-18-10-15)13(9-19)14(17)20/h2-5,13,18-19H,1,6-10H2,(H2,17,20)/t13?,15-/m0/s1. The Labute approximate surface area is 124 Å². The van der Waals surface area contributed by atoms with Crippen LogP contribution in [0.4, 0.5) is 0 Å². The van der Waals surface area contributed by atoms with Gasteiger partial charge in [0.15, 0.2) is 0 Å². The van der Waals surface area contributed by atoms with Gasteiger partial charge in [0.1, 0.15) is 0 Å². The van der Waals surface area contributed by atoms with E-state index in [1.165, 1.54) is 0 Å². The second-order valence-corrected chi connectivity index (χ2v) is 6.02. The average Bonchev–Trinajstić information content (AvgIpc) is 2.43. The van der Waals surface area contributed by atoms with Crippen molar-refractivity contribution >= 4 is 17.5 Å². The van der Waals surface area contributed by atoms with Gasteiger partial charge in [0, 0.05) is 17.0 Å². The number of carbonyl (C=O) groups is 1. The van der Waals surface area contributed by atoms with Gasteiger partial charge in [-0.3, -0.25) is 4.79 Å². The predicted molar refractivity (Wildman–Crippen MR) is 79.5 cm³/mol. The molecule has 1 aliphatic rings. The maximum Gasteiger partial charge on any atom is 0.223 e. The lowest BCUT2D eigenvalue weighted by molar-refractivity contribution is -0.128. The lowest BCUT2D eigenvalue weighted by atomic mass is 9.66. The van der Waals surface area contributed by atoms with Gasteiger partial charge < -0.3 is 16.2 Å². The molecule has 1 aromatic carbocycles. The molecule has 1 aliphatic heterocycles. The summed E-state index contributed by atoms with van der Waals surface area (Å²) >= 11 is 5.90. The number of nitrogens with two attached hydrogens (primary N) is 1. The highest BCUT2D eigenvalue weighted by molar-refractivity contribution is 6.30. The number of carbonyl (C=O) groups excluding carboxylic acids is 1. The number of amides is 1. The summed E-state index contributed by atoms with van der Waals surface area (Å²) in [5.41, 5.74) is 6.29. The molecule has 5 heteroatoms. The first-order valence-electron chi connectivity index (χ1n) is 6.93. The van der Waals surface area contributed by atoms with Crippen LogP contribution in [-0.2, 0) is 11.2 Å². The van der Waals surface area contributed by atoms with E-state index in [1.807, 2.05) is 24.3 Å². The molecule has 0 aromatic heterocycles. The van der Waals surface area contributed by atoms with Gasteiger partial charge in [-0.25, -0.2) is 0 Å². The monoisotopic (exact) mass is 296 g/mol. The fourth-order valence-electron chi connectivity index (χ4n) is 3.16. The molecule has 0 spiro atoms. The van der Waals surface area contributed by atoms with Crippen LogP contribution in [0.2, 0.25) is 5.02 Å². The van der Waals surface area contributed by atoms with Crippen LogP contribution in [0.15, 0.2) is 24.3 Å². The second-order valence-electron chi connectivity index (χ2n) is 5.58. The van der Waals surface area contributed by atoms with E-state index in [4.69, 9.17) is 17.3 Å². The molecule has 0 radical (unpaired) electrons. The summed E-state index contributed by atoms with van der Waals surface area (Å²) in [5, 5.41) is 13.6. The Morgan fingerprint density at radius 1 is 1.45 bits per heavy atom. The van der Waals surface area contributed by atoms with Gasteiger partial charge in [0.05, 0.1) is 12.5 Å². The zero-order valence-electron chi connectivity index (χ0n) is 11.4. The van der Waals surface area contributed by atoms with Gasteiger partial charge in [-0.1, -0.05) is 23.7 Å². The van der Waals surface area contributed by atoms with Crippen molar-refractivity contribution in [3.63, 3.8) is 0 Å². The number of primary amides is 1. The SMILES string of the molecule is NC(=O)C(CO)[C@]1(Cc2ccc(Cl)cc2)CCCNC1. The van der Waals surface area contributed by atoms with Crippen LogP contribution < -0.4 is 11.1 Å². The molecular formula is C15H21ClN2O2. The molecule has 1 amide bonds. The predicted octanol–water partition coefficient (Wildman–Crippen LogP) is 1.35. The second kappa shape index (κ2) is 6.57. The number of aliphatic hydroxyl groups is 1. The third-order valence-electron chi connectivity index (χ3n) is 4.24. The van der Waals surface area contributed by atoms with Gasteiger partial charge in [0.25, 0.3) is 0 Å². The summed E-state index contributed by atoms with van der Waals surface area (Å²) in [6.45, 7) is 1.44. The average molecular weight is 297 g/mol. The third-order valence-corrected chi connectivity index (χ3v) is 4.49. The first kappa shape index (κ1) is 15.3. The summed E-state index contributed by atoms with van der Waals surface area (Å²) in [7, 11) is 0. The van der Waals surface area contributed by atoms with Gasteiger partial charge >= 0.3 is 0 Å². The molecule has 0 aliphatic carbocycles. The molecule has 4 N–H and O–H groups in total. The highest BCUT2D eigenvalue weighted by Crippen LogP contribution is 2.38. The van der Waals surface area contributed by atoms with E-state index >= 15 is 0 Å². The Kier molecular flexibility index (Phi) is 5.02. The maximum atomic E-state index is 11.7. The van der Waals surface area contributed by atoms with Crippen molar-refractivity contribution in [2.45, 2.75) is 19.3 Å². The lowest BCUT2D eigenvalue weighted by Gasteiger charge is -2.42. The summed E-state index contributed by atoms with van der Waals surface area (Å²) in [6, 6.07) is 7.63. The minimum absolute atomic E-state index is 0.204. The molecule has 2 rings (SSSR count). The van der Waals surface area contributed by atoms with Crippen molar-refractivity contribution in [1.29, 1.82) is 0 Å². The Bertz CT molecular complexity index is 455. The first-order valence-corrected chi connectivity index (χ1v) is 7.30.